The number of ether oxygens (including phenoxy) is 1. The highest BCUT2D eigenvalue weighted by molar-refractivity contribution is 6.30. The van der Waals surface area contributed by atoms with Crippen LogP contribution in [0.1, 0.15) is 84.1 Å². The summed E-state index contributed by atoms with van der Waals surface area (Å²) in [6.07, 6.45) is 5.80. The number of likely N-dealkylation sites (tertiary alicyclic amines) is 2. The SMILES string of the molecule is CC1CCC(N(C(=O)[C@@H]2CCCO2)[C@H]2C[C@@H](C(=O)N3CCN(C)CC3)N(C(=O)[C@H]3CN(C(C)(C)C)C[C@H]3c3ccc(Cl)cc3)C2)CC1. The van der Waals surface area contributed by atoms with E-state index in [9.17, 15) is 9.59 Å². The Morgan fingerprint density at radius 2 is 1.55 bits per heavy atom. The molecule has 5 fully saturated rings. The molecule has 4 aliphatic heterocycles. The van der Waals surface area contributed by atoms with Crippen molar-refractivity contribution >= 4 is 29.3 Å². The van der Waals surface area contributed by atoms with Gasteiger partial charge in [-0.15, -0.1) is 0 Å². The van der Waals surface area contributed by atoms with Gasteiger partial charge in [-0.1, -0.05) is 30.7 Å². The third kappa shape index (κ3) is 7.53. The van der Waals surface area contributed by atoms with Gasteiger partial charge in [0.15, 0.2) is 0 Å². The molecule has 0 N–H and O–H groups in total. The van der Waals surface area contributed by atoms with Crippen molar-refractivity contribution in [1.29, 1.82) is 0 Å². The molecule has 4 saturated heterocycles. The van der Waals surface area contributed by atoms with Crippen LogP contribution in [0.15, 0.2) is 24.3 Å². The van der Waals surface area contributed by atoms with Crippen LogP contribution >= 0.6 is 11.6 Å². The van der Waals surface area contributed by atoms with E-state index in [0.717, 1.165) is 63.7 Å². The fraction of sp³-hybridized carbons (Fsp3) is 0.757. The standard InChI is InChI=1S/C37H56ClN5O4/c1-25-8-14-28(15-9-25)43(36(46)33-7-6-20-47-33)29-21-32(35(45)40-18-16-39(5)17-19-40)42(22-29)34(44)31-24-41(37(2,3)4)23-30(31)26-10-12-27(38)13-11-26/h10-13,25,28-33H,6-9,14-24H2,1-5H3/t25?,28?,29-,30-,31-,32-,33-/m0/s1. The minimum atomic E-state index is -0.576. The first kappa shape index (κ1) is 34.7. The van der Waals surface area contributed by atoms with Crippen LogP contribution in [0.4, 0.5) is 0 Å². The fourth-order valence-corrected chi connectivity index (χ4v) is 8.84. The molecule has 260 valence electrons. The summed E-state index contributed by atoms with van der Waals surface area (Å²) < 4.78 is 5.95. The van der Waals surface area contributed by atoms with Crippen molar-refractivity contribution in [3.63, 3.8) is 0 Å². The van der Waals surface area contributed by atoms with E-state index in [2.05, 4.69) is 49.4 Å². The Kier molecular flexibility index (Phi) is 10.6. The Morgan fingerprint density at radius 3 is 2.17 bits per heavy atom. The minimum absolute atomic E-state index is 0.0121. The molecule has 1 aromatic carbocycles. The van der Waals surface area contributed by atoms with Crippen molar-refractivity contribution in [2.75, 3.05) is 59.5 Å². The van der Waals surface area contributed by atoms with Gasteiger partial charge in [-0.3, -0.25) is 19.3 Å². The predicted molar refractivity (Wildman–Crippen MR) is 184 cm³/mol. The first-order valence-corrected chi connectivity index (χ1v) is 18.5. The van der Waals surface area contributed by atoms with E-state index >= 15 is 4.79 Å². The number of hydrogen-bond acceptors (Lipinski definition) is 6. The summed E-state index contributed by atoms with van der Waals surface area (Å²) in [6, 6.07) is 7.24. The molecule has 0 aromatic heterocycles. The Hall–Kier alpha value is -2.20. The lowest BCUT2D eigenvalue weighted by atomic mass is 9.85. The molecule has 5 aliphatic rings. The predicted octanol–water partition coefficient (Wildman–Crippen LogP) is 4.48. The topological polar surface area (TPSA) is 76.6 Å². The van der Waals surface area contributed by atoms with Gasteiger partial charge in [0.1, 0.15) is 12.1 Å². The van der Waals surface area contributed by atoms with Crippen molar-refractivity contribution in [1.82, 2.24) is 24.5 Å². The molecule has 0 spiro atoms. The quantitative estimate of drug-likeness (QED) is 0.445. The molecule has 10 heteroatoms. The Labute approximate surface area is 286 Å². The number of benzene rings is 1. The summed E-state index contributed by atoms with van der Waals surface area (Å²) >= 11 is 6.28. The minimum Gasteiger partial charge on any atom is -0.368 e. The summed E-state index contributed by atoms with van der Waals surface area (Å²) in [5.74, 6) is 0.470. The van der Waals surface area contributed by atoms with Crippen LogP contribution in [-0.2, 0) is 19.1 Å². The van der Waals surface area contributed by atoms with E-state index in [1.807, 2.05) is 34.1 Å². The zero-order valence-electron chi connectivity index (χ0n) is 29.2. The molecule has 1 aliphatic carbocycles. The number of likely N-dealkylation sites (N-methyl/N-ethyl adjacent to an activating group) is 1. The molecular weight excluding hydrogens is 614 g/mol. The smallest absolute Gasteiger partial charge is 0.252 e. The molecule has 9 nitrogen and oxygen atoms in total. The van der Waals surface area contributed by atoms with Crippen molar-refractivity contribution in [2.24, 2.45) is 11.8 Å². The van der Waals surface area contributed by atoms with E-state index in [0.29, 0.717) is 50.1 Å². The summed E-state index contributed by atoms with van der Waals surface area (Å²) in [7, 11) is 2.08. The largest absolute Gasteiger partial charge is 0.368 e. The second-order valence-electron chi connectivity index (χ2n) is 16.0. The maximum Gasteiger partial charge on any atom is 0.252 e. The highest BCUT2D eigenvalue weighted by atomic mass is 35.5. The first-order valence-electron chi connectivity index (χ1n) is 18.1. The molecule has 4 heterocycles. The van der Waals surface area contributed by atoms with Crippen molar-refractivity contribution in [3.05, 3.63) is 34.9 Å². The van der Waals surface area contributed by atoms with Crippen molar-refractivity contribution in [2.45, 2.75) is 108 Å². The van der Waals surface area contributed by atoms with Crippen LogP contribution in [0.5, 0.6) is 0 Å². The van der Waals surface area contributed by atoms with Gasteiger partial charge in [-0.25, -0.2) is 0 Å². The third-order valence-corrected chi connectivity index (χ3v) is 12.0. The number of nitrogens with zero attached hydrogens (tertiary/aromatic N) is 5. The lowest BCUT2D eigenvalue weighted by Crippen LogP contribution is -2.54. The van der Waals surface area contributed by atoms with Crippen LogP contribution in [-0.4, -0.2) is 131 Å². The lowest BCUT2D eigenvalue weighted by molar-refractivity contribution is -0.148. The van der Waals surface area contributed by atoms with Crippen LogP contribution < -0.4 is 0 Å². The van der Waals surface area contributed by atoms with Gasteiger partial charge in [-0.05, 0) is 96.4 Å². The molecular formula is C37H56ClN5O4. The van der Waals surface area contributed by atoms with Crippen LogP contribution in [0.2, 0.25) is 5.02 Å². The number of carbonyl (C=O) groups excluding carboxylic acids is 3. The maximum absolute atomic E-state index is 15.0. The Balaban J connectivity index is 1.32. The van der Waals surface area contributed by atoms with Gasteiger partial charge in [0, 0.05) is 74.9 Å². The monoisotopic (exact) mass is 669 g/mol. The van der Waals surface area contributed by atoms with Crippen molar-refractivity contribution < 1.29 is 19.1 Å². The number of rotatable bonds is 6. The zero-order chi connectivity index (χ0) is 33.5. The van der Waals surface area contributed by atoms with Crippen LogP contribution in [0, 0.1) is 11.8 Å². The van der Waals surface area contributed by atoms with E-state index < -0.39 is 12.1 Å². The Bertz CT molecular complexity index is 1260. The van der Waals surface area contributed by atoms with Crippen molar-refractivity contribution in [3.8, 4) is 0 Å². The third-order valence-electron chi connectivity index (χ3n) is 11.8. The molecule has 0 radical (unpaired) electrons. The van der Waals surface area contributed by atoms with Gasteiger partial charge in [0.05, 0.1) is 12.0 Å². The number of hydrogen-bond donors (Lipinski definition) is 0. The zero-order valence-corrected chi connectivity index (χ0v) is 30.0. The molecule has 0 bridgehead atoms. The van der Waals surface area contributed by atoms with Gasteiger partial charge < -0.3 is 24.3 Å². The molecule has 0 unspecified atom stereocenters. The van der Waals surface area contributed by atoms with Gasteiger partial charge >= 0.3 is 0 Å². The second-order valence-corrected chi connectivity index (χ2v) is 16.5. The lowest BCUT2D eigenvalue weighted by Gasteiger charge is -2.41. The normalized spacial score (nSPS) is 32.6. The summed E-state index contributed by atoms with van der Waals surface area (Å²) in [5, 5.41) is 0.677. The number of amides is 3. The van der Waals surface area contributed by atoms with E-state index in [1.165, 1.54) is 0 Å². The van der Waals surface area contributed by atoms with Gasteiger partial charge in [-0.2, -0.15) is 0 Å². The van der Waals surface area contributed by atoms with Gasteiger partial charge in [0.25, 0.3) is 5.91 Å². The molecule has 47 heavy (non-hydrogen) atoms. The highest BCUT2D eigenvalue weighted by Gasteiger charge is 2.51. The maximum atomic E-state index is 15.0. The first-order chi connectivity index (χ1) is 22.4. The molecule has 6 rings (SSSR count). The number of carbonyl (C=O) groups is 3. The number of halogens is 1. The average molecular weight is 670 g/mol. The highest BCUT2D eigenvalue weighted by Crippen LogP contribution is 2.40. The molecule has 1 aromatic rings. The van der Waals surface area contributed by atoms with Gasteiger partial charge in [0.2, 0.25) is 11.8 Å². The molecule has 1 saturated carbocycles. The van der Waals surface area contributed by atoms with E-state index in [-0.39, 0.29) is 47.2 Å². The van der Waals surface area contributed by atoms with Crippen LogP contribution in [0.25, 0.3) is 0 Å². The fourth-order valence-electron chi connectivity index (χ4n) is 8.71. The Morgan fingerprint density at radius 1 is 0.872 bits per heavy atom. The molecule has 3 amide bonds. The average Bonchev–Trinajstić information content (AvgIpc) is 3.83. The second kappa shape index (κ2) is 14.3. The number of piperazine rings is 1. The van der Waals surface area contributed by atoms with E-state index in [4.69, 9.17) is 16.3 Å². The van der Waals surface area contributed by atoms with E-state index in [1.54, 1.807) is 0 Å². The summed E-state index contributed by atoms with van der Waals surface area (Å²) in [6.45, 7) is 14.3. The van der Waals surface area contributed by atoms with Crippen LogP contribution in [0.3, 0.4) is 0 Å². The summed E-state index contributed by atoms with van der Waals surface area (Å²) in [4.78, 5) is 54.3. The summed E-state index contributed by atoms with van der Waals surface area (Å²) in [5.41, 5.74) is 0.994. The molecule has 5 atom stereocenters.